The molecule has 2 amide bonds. The zero-order chi connectivity index (χ0) is 16.7. The highest BCUT2D eigenvalue weighted by molar-refractivity contribution is 14.1. The van der Waals surface area contributed by atoms with Crippen molar-refractivity contribution in [1.82, 2.24) is 10.3 Å². The second-order valence-electron chi connectivity index (χ2n) is 4.17. The van der Waals surface area contributed by atoms with E-state index in [1.807, 2.05) is 0 Å². The molecule has 0 radical (unpaired) electrons. The van der Waals surface area contributed by atoms with E-state index in [4.69, 9.17) is 14.6 Å². The molecule has 0 saturated heterocycles. The maximum absolute atomic E-state index is 11.5. The maximum atomic E-state index is 11.5. The quantitative estimate of drug-likeness (QED) is 0.411. The van der Waals surface area contributed by atoms with Crippen LogP contribution in [0.25, 0.3) is 0 Å². The van der Waals surface area contributed by atoms with Gasteiger partial charge < -0.3 is 19.5 Å². The second-order valence-corrected chi connectivity index (χ2v) is 5.33. The van der Waals surface area contributed by atoms with Crippen molar-refractivity contribution in [2.24, 2.45) is 5.10 Å². The van der Waals surface area contributed by atoms with Crippen LogP contribution in [0.15, 0.2) is 17.2 Å². The monoisotopic (exact) mass is 421 g/mol. The summed E-state index contributed by atoms with van der Waals surface area (Å²) in [4.78, 5) is 22.9. The summed E-state index contributed by atoms with van der Waals surface area (Å²) >= 11 is 2.10. The molecule has 9 heteroatoms. The Bertz CT molecular complexity index is 591. The van der Waals surface area contributed by atoms with Crippen LogP contribution in [0.1, 0.15) is 5.56 Å². The number of amides is 2. The van der Waals surface area contributed by atoms with Gasteiger partial charge in [-0.3, -0.25) is 4.79 Å². The summed E-state index contributed by atoms with van der Waals surface area (Å²) < 4.78 is 11.3. The lowest BCUT2D eigenvalue weighted by molar-refractivity contribution is -0.121. The number of halogens is 1. The zero-order valence-electron chi connectivity index (χ0n) is 12.3. The molecule has 1 rings (SSSR count). The maximum Gasteiger partial charge on any atom is 0.407 e. The summed E-state index contributed by atoms with van der Waals surface area (Å²) in [5, 5.41) is 12.4. The summed E-state index contributed by atoms with van der Waals surface area (Å²) in [6, 6.07) is 3.51. The summed E-state index contributed by atoms with van der Waals surface area (Å²) in [5.41, 5.74) is 2.96. The van der Waals surface area contributed by atoms with Crippen LogP contribution in [0.4, 0.5) is 4.79 Å². The zero-order valence-corrected chi connectivity index (χ0v) is 14.4. The van der Waals surface area contributed by atoms with Gasteiger partial charge in [-0.15, -0.1) is 0 Å². The van der Waals surface area contributed by atoms with Crippen molar-refractivity contribution in [3.63, 3.8) is 0 Å². The van der Waals surface area contributed by atoms with Crippen LogP contribution in [-0.4, -0.2) is 56.0 Å². The molecule has 8 nitrogen and oxygen atoms in total. The summed E-state index contributed by atoms with van der Waals surface area (Å²) in [6.45, 7) is -0.295. The van der Waals surface area contributed by atoms with Crippen LogP contribution >= 0.6 is 22.6 Å². The number of carbonyl (C=O) groups excluding carboxylic acids is 1. The molecule has 2 N–H and O–H groups in total. The van der Waals surface area contributed by atoms with Crippen LogP contribution in [0, 0.1) is 3.57 Å². The highest BCUT2D eigenvalue weighted by Crippen LogP contribution is 2.32. The molecule has 0 bridgehead atoms. The van der Waals surface area contributed by atoms with Crippen LogP contribution in [0.5, 0.6) is 11.5 Å². The lowest BCUT2D eigenvalue weighted by Gasteiger charge is -2.11. The van der Waals surface area contributed by atoms with E-state index in [1.165, 1.54) is 20.4 Å². The minimum atomic E-state index is -1.19. The normalized spacial score (nSPS) is 10.4. The summed E-state index contributed by atoms with van der Waals surface area (Å²) in [6.07, 6.45) is 0.247. The van der Waals surface area contributed by atoms with E-state index in [-0.39, 0.29) is 6.54 Å². The number of hydrogen-bond acceptors (Lipinski definition) is 5. The van der Waals surface area contributed by atoms with Gasteiger partial charge in [0.05, 0.1) is 24.0 Å². The molecule has 22 heavy (non-hydrogen) atoms. The first-order valence-corrected chi connectivity index (χ1v) is 7.14. The Morgan fingerprint density at radius 1 is 1.41 bits per heavy atom. The first-order chi connectivity index (χ1) is 10.4. The number of likely N-dealkylation sites (N-methyl/N-ethyl adjacent to an activating group) is 1. The number of carbonyl (C=O) groups is 2. The predicted molar refractivity (Wildman–Crippen MR) is 88.7 cm³/mol. The molecule has 120 valence electrons. The third-order valence-electron chi connectivity index (χ3n) is 2.57. The molecular formula is C13H16IN3O5. The van der Waals surface area contributed by atoms with E-state index in [2.05, 4.69) is 33.1 Å². The molecular weight excluding hydrogens is 405 g/mol. The number of methoxy groups -OCH3 is 2. The smallest absolute Gasteiger partial charge is 0.407 e. The molecule has 0 aliphatic heterocycles. The topological polar surface area (TPSA) is 100 Å². The van der Waals surface area contributed by atoms with Gasteiger partial charge in [-0.2, -0.15) is 5.10 Å². The fraction of sp³-hybridized carbons (Fsp3) is 0.308. The highest BCUT2D eigenvalue weighted by Gasteiger charge is 2.11. The number of ether oxygens (including phenoxy) is 2. The van der Waals surface area contributed by atoms with E-state index < -0.39 is 12.0 Å². The average Bonchev–Trinajstić information content (AvgIpc) is 2.46. The predicted octanol–water partition coefficient (Wildman–Crippen LogP) is 1.37. The lowest BCUT2D eigenvalue weighted by Crippen LogP contribution is -2.35. The van der Waals surface area contributed by atoms with Gasteiger partial charge >= 0.3 is 6.09 Å². The van der Waals surface area contributed by atoms with Gasteiger partial charge in [0, 0.05) is 7.05 Å². The van der Waals surface area contributed by atoms with Crippen molar-refractivity contribution in [2.75, 3.05) is 27.8 Å². The number of benzene rings is 1. The standard InChI is InChI=1S/C13H16IN3O5/c1-17(13(19)20)7-11(18)16-15-6-8-4-9(14)12(22-3)10(5-8)21-2/h4-6H,7H2,1-3H3,(H,16,18)(H,19,20)/b15-6+. The van der Waals surface area contributed by atoms with Gasteiger partial charge in [0.15, 0.2) is 11.5 Å². The van der Waals surface area contributed by atoms with E-state index in [1.54, 1.807) is 19.2 Å². The van der Waals surface area contributed by atoms with E-state index in [0.29, 0.717) is 17.1 Å². The van der Waals surface area contributed by atoms with Crippen molar-refractivity contribution in [3.8, 4) is 11.5 Å². The first-order valence-electron chi connectivity index (χ1n) is 6.06. The highest BCUT2D eigenvalue weighted by atomic mass is 127. The molecule has 0 unspecified atom stereocenters. The van der Waals surface area contributed by atoms with Crippen molar-refractivity contribution < 1.29 is 24.2 Å². The SMILES string of the molecule is COc1cc(/C=N/NC(=O)CN(C)C(=O)O)cc(I)c1OC. The molecule has 1 aromatic carbocycles. The van der Waals surface area contributed by atoms with Crippen molar-refractivity contribution in [1.29, 1.82) is 0 Å². The Kier molecular flexibility index (Phi) is 6.89. The van der Waals surface area contributed by atoms with Crippen LogP contribution in [0.2, 0.25) is 0 Å². The summed E-state index contributed by atoms with van der Waals surface area (Å²) in [7, 11) is 4.37. The molecule has 0 aliphatic rings. The Morgan fingerprint density at radius 3 is 2.64 bits per heavy atom. The minimum Gasteiger partial charge on any atom is -0.493 e. The number of hydrogen-bond donors (Lipinski definition) is 2. The third-order valence-corrected chi connectivity index (χ3v) is 3.37. The van der Waals surface area contributed by atoms with Gasteiger partial charge in [-0.05, 0) is 40.3 Å². The fourth-order valence-corrected chi connectivity index (χ4v) is 2.36. The van der Waals surface area contributed by atoms with Gasteiger partial charge in [0.2, 0.25) is 0 Å². The number of hydrazone groups is 1. The number of rotatable bonds is 6. The van der Waals surface area contributed by atoms with Crippen LogP contribution in [0.3, 0.4) is 0 Å². The average molecular weight is 421 g/mol. The van der Waals surface area contributed by atoms with Gasteiger partial charge in [0.25, 0.3) is 5.91 Å². The Morgan fingerprint density at radius 2 is 2.09 bits per heavy atom. The number of nitrogens with one attached hydrogen (secondary N) is 1. The molecule has 0 heterocycles. The lowest BCUT2D eigenvalue weighted by atomic mass is 10.2. The molecule has 0 saturated carbocycles. The first kappa shape index (κ1) is 18.0. The van der Waals surface area contributed by atoms with Crippen LogP contribution in [-0.2, 0) is 4.79 Å². The van der Waals surface area contributed by atoms with Gasteiger partial charge in [0.1, 0.15) is 6.54 Å². The molecule has 1 aromatic rings. The Hall–Kier alpha value is -2.04. The molecule has 0 aromatic heterocycles. The van der Waals surface area contributed by atoms with Crippen LogP contribution < -0.4 is 14.9 Å². The van der Waals surface area contributed by atoms with Gasteiger partial charge in [-0.25, -0.2) is 10.2 Å². The molecule has 0 atom stereocenters. The number of nitrogens with zero attached hydrogens (tertiary/aromatic N) is 2. The molecule has 0 aliphatic carbocycles. The van der Waals surface area contributed by atoms with Gasteiger partial charge in [-0.1, -0.05) is 0 Å². The number of carboxylic acid groups (broad SMARTS) is 1. The summed E-state index contributed by atoms with van der Waals surface area (Å²) in [5.74, 6) is 0.636. The van der Waals surface area contributed by atoms with E-state index >= 15 is 0 Å². The van der Waals surface area contributed by atoms with Crippen molar-refractivity contribution in [2.45, 2.75) is 0 Å². The van der Waals surface area contributed by atoms with E-state index in [0.717, 1.165) is 8.47 Å². The molecule has 0 fully saturated rings. The third kappa shape index (κ3) is 5.06. The molecule has 0 spiro atoms. The minimum absolute atomic E-state index is 0.295. The van der Waals surface area contributed by atoms with E-state index in [9.17, 15) is 9.59 Å². The largest absolute Gasteiger partial charge is 0.493 e. The second kappa shape index (κ2) is 8.41. The van der Waals surface area contributed by atoms with Crippen molar-refractivity contribution >= 4 is 40.8 Å². The van der Waals surface area contributed by atoms with Crippen molar-refractivity contribution in [3.05, 3.63) is 21.3 Å². The Labute approximate surface area is 141 Å². The fourth-order valence-electron chi connectivity index (χ4n) is 1.51. The Balaban J connectivity index is 2.73.